The number of carbonyl (C=O) groups excluding carboxylic acids is 2. The molecule has 31 heavy (non-hydrogen) atoms. The first kappa shape index (κ1) is 20.8. The number of aromatic nitrogens is 1. The van der Waals surface area contributed by atoms with Crippen LogP contribution in [0.2, 0.25) is 0 Å². The Morgan fingerprint density at radius 3 is 2.35 bits per heavy atom. The number of rotatable bonds is 4. The Labute approximate surface area is 180 Å². The van der Waals surface area contributed by atoms with E-state index in [1.54, 1.807) is 11.0 Å². The maximum atomic E-state index is 12.9. The zero-order chi connectivity index (χ0) is 22.0. The Morgan fingerprint density at radius 1 is 0.968 bits per heavy atom. The van der Waals surface area contributed by atoms with Crippen LogP contribution in [0.15, 0.2) is 53.3 Å². The van der Waals surface area contributed by atoms with Crippen molar-refractivity contribution in [2.75, 3.05) is 38.0 Å². The average Bonchev–Trinajstić information content (AvgIpc) is 2.76. The van der Waals surface area contributed by atoms with Gasteiger partial charge in [0.05, 0.1) is 6.54 Å². The van der Waals surface area contributed by atoms with Gasteiger partial charge in [-0.25, -0.2) is 0 Å². The van der Waals surface area contributed by atoms with Gasteiger partial charge in [-0.15, -0.1) is 0 Å². The van der Waals surface area contributed by atoms with Gasteiger partial charge in [0.25, 0.3) is 11.5 Å². The summed E-state index contributed by atoms with van der Waals surface area (Å²) in [5, 5.41) is 3.83. The van der Waals surface area contributed by atoms with E-state index in [4.69, 9.17) is 0 Å². The van der Waals surface area contributed by atoms with Crippen molar-refractivity contribution in [2.45, 2.75) is 13.8 Å². The molecule has 3 aromatic rings. The fourth-order valence-corrected chi connectivity index (χ4v) is 3.98. The van der Waals surface area contributed by atoms with Gasteiger partial charge in [-0.05, 0) is 42.5 Å². The molecular formula is C24H26N4O3. The number of anilines is 1. The zero-order valence-electron chi connectivity index (χ0n) is 17.8. The molecule has 0 aliphatic carbocycles. The van der Waals surface area contributed by atoms with Gasteiger partial charge >= 0.3 is 0 Å². The standard InChI is InChI=1S/C24H26N4O3/c1-16-6-5-7-17(2)22(16)26-21(29)15-27-10-12-28(13-11-27)24(31)19-14-18-8-3-4-9-20(18)25-23(19)30/h3-9,14H,10-13,15H2,1-2H3,(H,25,30)(H,26,29). The molecule has 0 atom stereocenters. The van der Waals surface area contributed by atoms with Crippen LogP contribution in [-0.4, -0.2) is 59.3 Å². The van der Waals surface area contributed by atoms with Gasteiger partial charge in [0, 0.05) is 37.4 Å². The highest BCUT2D eigenvalue weighted by Crippen LogP contribution is 2.19. The summed E-state index contributed by atoms with van der Waals surface area (Å²) in [6, 6.07) is 15.0. The van der Waals surface area contributed by atoms with Gasteiger partial charge in [0.2, 0.25) is 5.91 Å². The first-order chi connectivity index (χ1) is 14.9. The molecule has 0 bridgehead atoms. The molecule has 1 aliphatic heterocycles. The van der Waals surface area contributed by atoms with E-state index in [0.29, 0.717) is 31.7 Å². The molecule has 2 heterocycles. The molecule has 1 aromatic heterocycles. The van der Waals surface area contributed by atoms with E-state index in [9.17, 15) is 14.4 Å². The van der Waals surface area contributed by atoms with E-state index in [0.717, 1.165) is 22.2 Å². The number of hydrogen-bond donors (Lipinski definition) is 2. The number of aromatic amines is 1. The number of aryl methyl sites for hydroxylation is 2. The lowest BCUT2D eigenvalue weighted by Gasteiger charge is -2.34. The topological polar surface area (TPSA) is 85.5 Å². The van der Waals surface area contributed by atoms with Gasteiger partial charge < -0.3 is 15.2 Å². The van der Waals surface area contributed by atoms with E-state index >= 15 is 0 Å². The zero-order valence-corrected chi connectivity index (χ0v) is 17.8. The number of fused-ring (bicyclic) bond motifs is 1. The average molecular weight is 418 g/mol. The first-order valence-corrected chi connectivity index (χ1v) is 10.4. The van der Waals surface area contributed by atoms with Crippen molar-refractivity contribution in [3.63, 3.8) is 0 Å². The number of hydrogen-bond acceptors (Lipinski definition) is 4. The van der Waals surface area contributed by atoms with E-state index in [-0.39, 0.29) is 29.5 Å². The van der Waals surface area contributed by atoms with E-state index in [2.05, 4.69) is 10.3 Å². The monoisotopic (exact) mass is 418 g/mol. The van der Waals surface area contributed by atoms with Gasteiger partial charge in [-0.3, -0.25) is 19.3 Å². The van der Waals surface area contributed by atoms with Crippen LogP contribution in [0.25, 0.3) is 10.9 Å². The Kier molecular flexibility index (Phi) is 5.86. The second kappa shape index (κ2) is 8.73. The molecule has 1 aliphatic rings. The lowest BCUT2D eigenvalue weighted by Crippen LogP contribution is -2.51. The number of pyridine rings is 1. The lowest BCUT2D eigenvalue weighted by atomic mass is 10.1. The summed E-state index contributed by atoms with van der Waals surface area (Å²) in [6.07, 6.45) is 0. The van der Waals surface area contributed by atoms with Crippen molar-refractivity contribution in [3.8, 4) is 0 Å². The van der Waals surface area contributed by atoms with E-state index in [1.807, 2.05) is 61.2 Å². The third-order valence-corrected chi connectivity index (χ3v) is 5.76. The number of amides is 2. The Balaban J connectivity index is 1.36. The predicted octanol–water partition coefficient (Wildman–Crippen LogP) is 2.54. The van der Waals surface area contributed by atoms with Crippen LogP contribution < -0.4 is 10.9 Å². The summed E-state index contributed by atoms with van der Waals surface area (Å²) in [4.78, 5) is 44.3. The molecule has 160 valence electrons. The summed E-state index contributed by atoms with van der Waals surface area (Å²) >= 11 is 0. The maximum absolute atomic E-state index is 12.9. The van der Waals surface area contributed by atoms with Crippen LogP contribution in [0.3, 0.4) is 0 Å². The second-order valence-electron chi connectivity index (χ2n) is 7.98. The third-order valence-electron chi connectivity index (χ3n) is 5.76. The van der Waals surface area contributed by atoms with Crippen LogP contribution in [0.1, 0.15) is 21.5 Å². The second-order valence-corrected chi connectivity index (χ2v) is 7.98. The summed E-state index contributed by atoms with van der Waals surface area (Å²) in [6.45, 7) is 6.33. The Morgan fingerprint density at radius 2 is 1.65 bits per heavy atom. The molecule has 4 rings (SSSR count). The van der Waals surface area contributed by atoms with Crippen LogP contribution in [0.5, 0.6) is 0 Å². The van der Waals surface area contributed by atoms with Gasteiger partial charge in [0.15, 0.2) is 0 Å². The van der Waals surface area contributed by atoms with E-state index < -0.39 is 0 Å². The summed E-state index contributed by atoms with van der Waals surface area (Å²) in [7, 11) is 0. The van der Waals surface area contributed by atoms with Crippen LogP contribution in [-0.2, 0) is 4.79 Å². The SMILES string of the molecule is Cc1cccc(C)c1NC(=O)CN1CCN(C(=O)c2cc3ccccc3[nH]c2=O)CC1. The largest absolute Gasteiger partial charge is 0.336 e. The van der Waals surface area contributed by atoms with Crippen molar-refractivity contribution in [1.82, 2.24) is 14.8 Å². The summed E-state index contributed by atoms with van der Waals surface area (Å²) < 4.78 is 0. The van der Waals surface area contributed by atoms with Crippen molar-refractivity contribution in [3.05, 3.63) is 75.6 Å². The number of nitrogens with zero attached hydrogens (tertiary/aromatic N) is 2. The number of para-hydroxylation sites is 2. The normalized spacial score (nSPS) is 14.6. The van der Waals surface area contributed by atoms with Crippen molar-refractivity contribution >= 4 is 28.4 Å². The lowest BCUT2D eigenvalue weighted by molar-refractivity contribution is -0.117. The number of piperazine rings is 1. The smallest absolute Gasteiger partial charge is 0.261 e. The molecule has 1 fully saturated rings. The van der Waals surface area contributed by atoms with Gasteiger partial charge in [-0.1, -0.05) is 36.4 Å². The van der Waals surface area contributed by atoms with Gasteiger partial charge in [0.1, 0.15) is 5.56 Å². The highest BCUT2D eigenvalue weighted by molar-refractivity contribution is 5.97. The highest BCUT2D eigenvalue weighted by Gasteiger charge is 2.25. The van der Waals surface area contributed by atoms with Crippen LogP contribution in [0, 0.1) is 13.8 Å². The molecule has 0 radical (unpaired) electrons. The molecule has 7 nitrogen and oxygen atoms in total. The summed E-state index contributed by atoms with van der Waals surface area (Å²) in [5.41, 5.74) is 3.41. The minimum atomic E-state index is -0.376. The van der Waals surface area contributed by atoms with Crippen LogP contribution in [0.4, 0.5) is 5.69 Å². The predicted molar refractivity (Wildman–Crippen MR) is 121 cm³/mol. The fraction of sp³-hybridized carbons (Fsp3) is 0.292. The third kappa shape index (κ3) is 4.51. The molecule has 7 heteroatoms. The maximum Gasteiger partial charge on any atom is 0.261 e. The minimum Gasteiger partial charge on any atom is -0.336 e. The first-order valence-electron chi connectivity index (χ1n) is 10.4. The summed E-state index contributed by atoms with van der Waals surface area (Å²) in [5.74, 6) is -0.338. The minimum absolute atomic E-state index is 0.0665. The Bertz CT molecular complexity index is 1170. The number of carbonyl (C=O) groups is 2. The number of benzene rings is 2. The highest BCUT2D eigenvalue weighted by atomic mass is 16.2. The van der Waals surface area contributed by atoms with Gasteiger partial charge in [-0.2, -0.15) is 0 Å². The molecule has 2 N–H and O–H groups in total. The molecule has 0 spiro atoms. The molecule has 2 aromatic carbocycles. The van der Waals surface area contributed by atoms with Crippen molar-refractivity contribution in [1.29, 1.82) is 0 Å². The molecular weight excluding hydrogens is 392 g/mol. The van der Waals surface area contributed by atoms with Crippen LogP contribution >= 0.6 is 0 Å². The molecule has 0 saturated carbocycles. The number of H-pyrrole nitrogens is 1. The Hall–Kier alpha value is -3.45. The number of nitrogens with one attached hydrogen (secondary N) is 2. The molecule has 1 saturated heterocycles. The van der Waals surface area contributed by atoms with Crippen molar-refractivity contribution < 1.29 is 9.59 Å². The van der Waals surface area contributed by atoms with Crippen molar-refractivity contribution in [2.24, 2.45) is 0 Å². The van der Waals surface area contributed by atoms with E-state index in [1.165, 1.54) is 0 Å². The molecule has 2 amide bonds. The molecule has 0 unspecified atom stereocenters. The quantitative estimate of drug-likeness (QED) is 0.682. The fourth-order valence-electron chi connectivity index (χ4n) is 3.98.